The van der Waals surface area contributed by atoms with E-state index in [1.165, 1.54) is 11.3 Å². The zero-order chi connectivity index (χ0) is 15.4. The van der Waals surface area contributed by atoms with E-state index >= 15 is 0 Å². The van der Waals surface area contributed by atoms with Crippen LogP contribution in [0, 0.1) is 13.8 Å². The third-order valence-corrected chi connectivity index (χ3v) is 4.07. The van der Waals surface area contributed by atoms with E-state index in [4.69, 9.17) is 0 Å². The molecule has 0 radical (unpaired) electrons. The lowest BCUT2D eigenvalue weighted by Gasteiger charge is -2.12. The summed E-state index contributed by atoms with van der Waals surface area (Å²) in [5.41, 5.74) is 3.51. The number of imidazole rings is 1. The van der Waals surface area contributed by atoms with Crippen molar-refractivity contribution in [2.45, 2.75) is 59.1 Å². The van der Waals surface area contributed by atoms with Gasteiger partial charge in [-0.3, -0.25) is 4.68 Å². The van der Waals surface area contributed by atoms with Crippen molar-refractivity contribution in [3.05, 3.63) is 35.2 Å². The molecule has 5 heteroatoms. The fourth-order valence-corrected chi connectivity index (χ4v) is 2.78. The van der Waals surface area contributed by atoms with Gasteiger partial charge in [-0.05, 0) is 38.7 Å². The fraction of sp³-hybridized carbons (Fsp3) is 0.625. The molecule has 2 heterocycles. The van der Waals surface area contributed by atoms with E-state index in [2.05, 4.69) is 28.5 Å². The summed E-state index contributed by atoms with van der Waals surface area (Å²) in [7, 11) is 1.96. The Morgan fingerprint density at radius 2 is 2.10 bits per heavy atom. The molecule has 116 valence electrons. The molecule has 1 unspecified atom stereocenters. The normalized spacial score (nSPS) is 12.8. The first-order valence-corrected chi connectivity index (χ1v) is 7.70. The van der Waals surface area contributed by atoms with Crippen molar-refractivity contribution in [1.82, 2.24) is 19.3 Å². The number of aryl methyl sites for hydroxylation is 3. The fourth-order valence-electron chi connectivity index (χ4n) is 2.78. The van der Waals surface area contributed by atoms with Crippen LogP contribution < -0.4 is 0 Å². The third-order valence-electron chi connectivity index (χ3n) is 4.07. The number of aliphatic hydroxyl groups excluding tert-OH is 1. The predicted molar refractivity (Wildman–Crippen MR) is 83.2 cm³/mol. The van der Waals surface area contributed by atoms with Crippen molar-refractivity contribution < 1.29 is 5.11 Å². The molecule has 0 amide bonds. The molecule has 5 nitrogen and oxygen atoms in total. The number of rotatable bonds is 7. The van der Waals surface area contributed by atoms with Gasteiger partial charge in [-0.25, -0.2) is 4.98 Å². The van der Waals surface area contributed by atoms with Crippen molar-refractivity contribution in [3.63, 3.8) is 0 Å². The van der Waals surface area contributed by atoms with Crippen molar-refractivity contribution in [2.75, 3.05) is 0 Å². The maximum atomic E-state index is 10.3. The second-order valence-electron chi connectivity index (χ2n) is 5.71. The lowest BCUT2D eigenvalue weighted by molar-refractivity contribution is 0.161. The zero-order valence-corrected chi connectivity index (χ0v) is 13.5. The highest BCUT2D eigenvalue weighted by molar-refractivity contribution is 5.24. The number of nitrogens with zero attached hydrogens (tertiary/aromatic N) is 4. The Morgan fingerprint density at radius 3 is 2.71 bits per heavy atom. The van der Waals surface area contributed by atoms with Gasteiger partial charge in [-0.1, -0.05) is 6.92 Å². The van der Waals surface area contributed by atoms with Crippen LogP contribution >= 0.6 is 0 Å². The first-order chi connectivity index (χ1) is 10.0. The molecule has 0 saturated carbocycles. The minimum absolute atomic E-state index is 0.359. The summed E-state index contributed by atoms with van der Waals surface area (Å²) >= 11 is 0. The average Bonchev–Trinajstić information content (AvgIpc) is 2.95. The van der Waals surface area contributed by atoms with Crippen LogP contribution in [0.2, 0.25) is 0 Å². The molecule has 0 spiro atoms. The van der Waals surface area contributed by atoms with Gasteiger partial charge in [-0.15, -0.1) is 0 Å². The summed E-state index contributed by atoms with van der Waals surface area (Å²) in [6.07, 6.45) is 6.74. The van der Waals surface area contributed by atoms with Gasteiger partial charge in [0, 0.05) is 38.1 Å². The van der Waals surface area contributed by atoms with Crippen LogP contribution in [0.3, 0.4) is 0 Å². The largest absolute Gasteiger partial charge is 0.393 e. The van der Waals surface area contributed by atoms with Crippen LogP contribution in [0.1, 0.15) is 42.5 Å². The summed E-state index contributed by atoms with van der Waals surface area (Å²) in [4.78, 5) is 4.36. The van der Waals surface area contributed by atoms with Crippen LogP contribution in [-0.2, 0) is 26.4 Å². The van der Waals surface area contributed by atoms with Crippen LogP contribution in [0.25, 0.3) is 0 Å². The first-order valence-electron chi connectivity index (χ1n) is 7.70. The van der Waals surface area contributed by atoms with Crippen molar-refractivity contribution in [1.29, 1.82) is 0 Å². The standard InChI is InChI=1S/C16H26N4O/c1-5-9-20-10-8-17-16(20)11-14(21)6-7-15-12(2)18-19(4)13(15)3/h8,10,14,21H,5-7,9,11H2,1-4H3. The Labute approximate surface area is 126 Å². The Balaban J connectivity index is 1.93. The molecular weight excluding hydrogens is 264 g/mol. The molecule has 2 aromatic rings. The molecule has 0 fully saturated rings. The Kier molecular flexibility index (Phi) is 5.17. The topological polar surface area (TPSA) is 55.9 Å². The SMILES string of the molecule is CCCn1ccnc1CC(O)CCc1c(C)nn(C)c1C. The number of aromatic nitrogens is 4. The minimum Gasteiger partial charge on any atom is -0.393 e. The van der Waals surface area contributed by atoms with E-state index in [9.17, 15) is 5.11 Å². The first kappa shape index (κ1) is 15.8. The van der Waals surface area contributed by atoms with Gasteiger partial charge >= 0.3 is 0 Å². The molecule has 0 saturated heterocycles. The summed E-state index contributed by atoms with van der Waals surface area (Å²) < 4.78 is 4.04. The number of hydrogen-bond acceptors (Lipinski definition) is 3. The molecule has 1 atom stereocenters. The summed E-state index contributed by atoms with van der Waals surface area (Å²) in [5.74, 6) is 0.976. The van der Waals surface area contributed by atoms with Crippen LogP contribution in [0.15, 0.2) is 12.4 Å². The maximum Gasteiger partial charge on any atom is 0.111 e. The molecule has 2 aromatic heterocycles. The van der Waals surface area contributed by atoms with E-state index in [-0.39, 0.29) is 6.10 Å². The Morgan fingerprint density at radius 1 is 1.33 bits per heavy atom. The highest BCUT2D eigenvalue weighted by Crippen LogP contribution is 2.16. The van der Waals surface area contributed by atoms with Crippen LogP contribution in [0.5, 0.6) is 0 Å². The monoisotopic (exact) mass is 290 g/mol. The molecule has 1 N–H and O–H groups in total. The third kappa shape index (κ3) is 3.73. The molecule has 2 rings (SSSR count). The van der Waals surface area contributed by atoms with E-state index in [0.29, 0.717) is 6.42 Å². The average molecular weight is 290 g/mol. The minimum atomic E-state index is -0.359. The van der Waals surface area contributed by atoms with Crippen molar-refractivity contribution in [3.8, 4) is 0 Å². The predicted octanol–water partition coefficient (Wildman–Crippen LogP) is 2.18. The van der Waals surface area contributed by atoms with Gasteiger partial charge in [0.15, 0.2) is 0 Å². The van der Waals surface area contributed by atoms with Crippen LogP contribution in [-0.4, -0.2) is 30.5 Å². The van der Waals surface area contributed by atoms with Gasteiger partial charge in [-0.2, -0.15) is 5.10 Å². The molecule has 0 bridgehead atoms. The summed E-state index contributed by atoms with van der Waals surface area (Å²) in [6, 6.07) is 0. The van der Waals surface area contributed by atoms with Gasteiger partial charge in [0.25, 0.3) is 0 Å². The van der Waals surface area contributed by atoms with Crippen LogP contribution in [0.4, 0.5) is 0 Å². The highest BCUT2D eigenvalue weighted by atomic mass is 16.3. The molecule has 0 aliphatic carbocycles. The zero-order valence-electron chi connectivity index (χ0n) is 13.5. The second-order valence-corrected chi connectivity index (χ2v) is 5.71. The van der Waals surface area contributed by atoms with Gasteiger partial charge in [0.2, 0.25) is 0 Å². The molecule has 21 heavy (non-hydrogen) atoms. The highest BCUT2D eigenvalue weighted by Gasteiger charge is 2.14. The van der Waals surface area contributed by atoms with Gasteiger partial charge < -0.3 is 9.67 Å². The van der Waals surface area contributed by atoms with Gasteiger partial charge in [0.1, 0.15) is 5.82 Å². The lowest BCUT2D eigenvalue weighted by atomic mass is 10.0. The second kappa shape index (κ2) is 6.89. The molecule has 0 aliphatic rings. The van der Waals surface area contributed by atoms with Crippen molar-refractivity contribution in [2.24, 2.45) is 7.05 Å². The molecule has 0 aliphatic heterocycles. The Bertz CT molecular complexity index is 585. The lowest BCUT2D eigenvalue weighted by Crippen LogP contribution is -2.16. The number of aliphatic hydroxyl groups is 1. The van der Waals surface area contributed by atoms with E-state index in [0.717, 1.165) is 37.3 Å². The van der Waals surface area contributed by atoms with Crippen molar-refractivity contribution >= 4 is 0 Å². The number of hydrogen-bond donors (Lipinski definition) is 1. The van der Waals surface area contributed by atoms with E-state index in [1.54, 1.807) is 0 Å². The smallest absolute Gasteiger partial charge is 0.111 e. The summed E-state index contributed by atoms with van der Waals surface area (Å²) in [6.45, 7) is 7.22. The molecule has 0 aromatic carbocycles. The summed E-state index contributed by atoms with van der Waals surface area (Å²) in [5, 5.41) is 14.7. The maximum absolute atomic E-state index is 10.3. The van der Waals surface area contributed by atoms with E-state index < -0.39 is 0 Å². The van der Waals surface area contributed by atoms with Gasteiger partial charge in [0.05, 0.1) is 11.8 Å². The Hall–Kier alpha value is -1.62. The molecular formula is C16H26N4O. The van der Waals surface area contributed by atoms with E-state index in [1.807, 2.05) is 31.0 Å². The quantitative estimate of drug-likeness (QED) is 0.850.